The molecule has 100 valence electrons. The molecule has 0 aliphatic rings. The lowest BCUT2D eigenvalue weighted by molar-refractivity contribution is -0.147. The van der Waals surface area contributed by atoms with Crippen molar-refractivity contribution < 1.29 is 19.1 Å². The second-order valence-corrected chi connectivity index (χ2v) is 4.25. The smallest absolute Gasteiger partial charge is 0.325 e. The fraction of sp³-hybridized carbons (Fsp3) is 0.250. The minimum absolute atomic E-state index is 0.0749. The molecule has 1 rings (SSSR count). The minimum Gasteiger partial charge on any atom is -0.454 e. The molecule has 1 heterocycles. The normalized spacial score (nSPS) is 9.21. The van der Waals surface area contributed by atoms with E-state index in [1.54, 1.807) is 17.5 Å². The molecule has 0 aliphatic carbocycles. The van der Waals surface area contributed by atoms with Crippen LogP contribution >= 0.6 is 11.3 Å². The van der Waals surface area contributed by atoms with E-state index in [9.17, 15) is 14.4 Å². The Morgan fingerprint density at radius 1 is 1.37 bits per heavy atom. The van der Waals surface area contributed by atoms with Crippen LogP contribution in [0.3, 0.4) is 0 Å². The maximum absolute atomic E-state index is 11.5. The molecule has 19 heavy (non-hydrogen) atoms. The molecule has 2 amide bonds. The summed E-state index contributed by atoms with van der Waals surface area (Å²) in [5, 5.41) is 6.47. The average Bonchev–Trinajstić information content (AvgIpc) is 2.94. The van der Waals surface area contributed by atoms with E-state index in [0.29, 0.717) is 4.88 Å². The van der Waals surface area contributed by atoms with Crippen molar-refractivity contribution in [1.29, 1.82) is 0 Å². The van der Waals surface area contributed by atoms with Crippen LogP contribution < -0.4 is 10.6 Å². The van der Waals surface area contributed by atoms with Crippen molar-refractivity contribution in [3.05, 3.63) is 22.4 Å². The van der Waals surface area contributed by atoms with Gasteiger partial charge in [0.05, 0.1) is 11.4 Å². The number of terminal acetylenes is 1. The molecule has 0 atom stereocenters. The lowest BCUT2D eigenvalue weighted by Gasteiger charge is -2.05. The summed E-state index contributed by atoms with van der Waals surface area (Å²) >= 11 is 1.26. The van der Waals surface area contributed by atoms with E-state index in [2.05, 4.69) is 21.3 Å². The van der Waals surface area contributed by atoms with E-state index in [1.807, 2.05) is 0 Å². The molecule has 0 saturated heterocycles. The topological polar surface area (TPSA) is 84.5 Å². The van der Waals surface area contributed by atoms with Gasteiger partial charge in [-0.3, -0.25) is 14.4 Å². The van der Waals surface area contributed by atoms with Gasteiger partial charge in [-0.25, -0.2) is 0 Å². The first-order chi connectivity index (χ1) is 9.13. The van der Waals surface area contributed by atoms with Gasteiger partial charge in [0.2, 0.25) is 0 Å². The third-order valence-electron chi connectivity index (χ3n) is 1.89. The van der Waals surface area contributed by atoms with Gasteiger partial charge in [-0.1, -0.05) is 12.0 Å². The quantitative estimate of drug-likeness (QED) is 0.557. The first-order valence-corrected chi connectivity index (χ1v) is 6.19. The molecule has 1 aromatic heterocycles. The van der Waals surface area contributed by atoms with Crippen LogP contribution in [-0.4, -0.2) is 37.5 Å². The number of esters is 1. The van der Waals surface area contributed by atoms with Gasteiger partial charge in [0.1, 0.15) is 6.54 Å². The standard InChI is InChI=1S/C12H12N2O4S/c1-2-5-13-10(15)8-18-11(16)7-14-12(17)9-4-3-6-19-9/h1,3-4,6H,5,7-8H2,(H,13,15)(H,14,17). The Morgan fingerprint density at radius 3 is 2.79 bits per heavy atom. The van der Waals surface area contributed by atoms with Crippen LogP contribution in [0.15, 0.2) is 17.5 Å². The summed E-state index contributed by atoms with van der Waals surface area (Å²) in [5.74, 6) is 0.672. The lowest BCUT2D eigenvalue weighted by atomic mass is 10.4. The molecule has 7 heteroatoms. The number of nitrogens with one attached hydrogen (secondary N) is 2. The molecule has 1 aromatic rings. The maximum atomic E-state index is 11.5. The molecule has 0 spiro atoms. The second-order valence-electron chi connectivity index (χ2n) is 3.30. The van der Waals surface area contributed by atoms with Crippen LogP contribution in [0.5, 0.6) is 0 Å². The monoisotopic (exact) mass is 280 g/mol. The molecular formula is C12H12N2O4S. The van der Waals surface area contributed by atoms with Crippen molar-refractivity contribution in [2.45, 2.75) is 0 Å². The van der Waals surface area contributed by atoms with Gasteiger partial charge in [0.15, 0.2) is 6.61 Å². The highest BCUT2D eigenvalue weighted by Crippen LogP contribution is 2.07. The molecule has 0 unspecified atom stereocenters. The van der Waals surface area contributed by atoms with Crippen molar-refractivity contribution in [2.24, 2.45) is 0 Å². The number of rotatable bonds is 6. The fourth-order valence-electron chi connectivity index (χ4n) is 1.05. The van der Waals surface area contributed by atoms with E-state index in [1.165, 1.54) is 11.3 Å². The maximum Gasteiger partial charge on any atom is 0.325 e. The summed E-state index contributed by atoms with van der Waals surface area (Å²) < 4.78 is 4.64. The zero-order valence-electron chi connectivity index (χ0n) is 9.97. The summed E-state index contributed by atoms with van der Waals surface area (Å²) in [7, 11) is 0. The Morgan fingerprint density at radius 2 is 2.16 bits per heavy atom. The Bertz CT molecular complexity index is 490. The minimum atomic E-state index is -0.694. The fourth-order valence-corrected chi connectivity index (χ4v) is 1.69. The highest BCUT2D eigenvalue weighted by molar-refractivity contribution is 7.12. The van der Waals surface area contributed by atoms with E-state index < -0.39 is 18.5 Å². The van der Waals surface area contributed by atoms with Gasteiger partial charge >= 0.3 is 5.97 Å². The highest BCUT2D eigenvalue weighted by atomic mass is 32.1. The first kappa shape index (κ1) is 14.7. The molecule has 2 N–H and O–H groups in total. The first-order valence-electron chi connectivity index (χ1n) is 5.31. The van der Waals surface area contributed by atoms with Crippen molar-refractivity contribution >= 4 is 29.1 Å². The zero-order valence-corrected chi connectivity index (χ0v) is 10.8. The summed E-state index contributed by atoms with van der Waals surface area (Å²) in [6.07, 6.45) is 4.94. The van der Waals surface area contributed by atoms with Gasteiger partial charge in [-0.2, -0.15) is 0 Å². The van der Waals surface area contributed by atoms with Crippen LogP contribution in [-0.2, 0) is 14.3 Å². The number of hydrogen-bond acceptors (Lipinski definition) is 5. The second kappa shape index (κ2) is 7.89. The lowest BCUT2D eigenvalue weighted by Crippen LogP contribution is -2.33. The predicted molar refractivity (Wildman–Crippen MR) is 69.5 cm³/mol. The Hall–Kier alpha value is -2.33. The number of carbonyl (C=O) groups excluding carboxylic acids is 3. The van der Waals surface area contributed by atoms with E-state index in [0.717, 1.165) is 0 Å². The molecular weight excluding hydrogens is 268 g/mol. The van der Waals surface area contributed by atoms with E-state index in [4.69, 9.17) is 6.42 Å². The van der Waals surface area contributed by atoms with Gasteiger partial charge in [0, 0.05) is 0 Å². The predicted octanol–water partition coefficient (Wildman–Crippen LogP) is -0.229. The molecule has 6 nitrogen and oxygen atoms in total. The number of ether oxygens (including phenoxy) is 1. The highest BCUT2D eigenvalue weighted by Gasteiger charge is 2.10. The molecule has 0 bridgehead atoms. The van der Waals surface area contributed by atoms with Crippen molar-refractivity contribution in [3.8, 4) is 12.3 Å². The van der Waals surface area contributed by atoms with Crippen LogP contribution in [0, 0.1) is 12.3 Å². The van der Waals surface area contributed by atoms with Crippen molar-refractivity contribution in [1.82, 2.24) is 10.6 Å². The van der Waals surface area contributed by atoms with Gasteiger partial charge in [-0.15, -0.1) is 17.8 Å². The third kappa shape index (κ3) is 5.70. The molecule has 0 aliphatic heterocycles. The van der Waals surface area contributed by atoms with Crippen molar-refractivity contribution in [3.63, 3.8) is 0 Å². The van der Waals surface area contributed by atoms with Crippen LogP contribution in [0.25, 0.3) is 0 Å². The number of thiophene rings is 1. The summed E-state index contributed by atoms with van der Waals surface area (Å²) in [6.45, 7) is -0.639. The Balaban J connectivity index is 2.20. The summed E-state index contributed by atoms with van der Waals surface area (Å²) in [6, 6.07) is 3.37. The van der Waals surface area contributed by atoms with Gasteiger partial charge < -0.3 is 15.4 Å². The zero-order chi connectivity index (χ0) is 14.1. The molecule has 0 radical (unpaired) electrons. The summed E-state index contributed by atoms with van der Waals surface area (Å²) in [5.41, 5.74) is 0. The Labute approximate surface area is 114 Å². The molecule has 0 saturated carbocycles. The number of carbonyl (C=O) groups is 3. The van der Waals surface area contributed by atoms with E-state index in [-0.39, 0.29) is 19.0 Å². The molecule has 0 fully saturated rings. The van der Waals surface area contributed by atoms with E-state index >= 15 is 0 Å². The summed E-state index contributed by atoms with van der Waals surface area (Å²) in [4.78, 5) is 34.3. The Kier molecular flexibility index (Phi) is 6.12. The van der Waals surface area contributed by atoms with Crippen LogP contribution in [0.1, 0.15) is 9.67 Å². The average molecular weight is 280 g/mol. The SMILES string of the molecule is C#CCNC(=O)COC(=O)CNC(=O)c1cccs1. The number of hydrogen-bond donors (Lipinski definition) is 2. The largest absolute Gasteiger partial charge is 0.454 e. The third-order valence-corrected chi connectivity index (χ3v) is 2.76. The van der Waals surface area contributed by atoms with Crippen molar-refractivity contribution in [2.75, 3.05) is 19.7 Å². The number of amides is 2. The van der Waals surface area contributed by atoms with Gasteiger partial charge in [-0.05, 0) is 11.4 Å². The molecule has 0 aromatic carbocycles. The van der Waals surface area contributed by atoms with Crippen LogP contribution in [0.4, 0.5) is 0 Å². The van der Waals surface area contributed by atoms with Crippen LogP contribution in [0.2, 0.25) is 0 Å². The van der Waals surface area contributed by atoms with Gasteiger partial charge in [0.25, 0.3) is 11.8 Å².